The van der Waals surface area contributed by atoms with Crippen LogP contribution >= 0.6 is 27.7 Å². The van der Waals surface area contributed by atoms with E-state index >= 15 is 0 Å². The van der Waals surface area contributed by atoms with Crippen LogP contribution < -0.4 is 20.1 Å². The number of nitrogens with one attached hydrogen (secondary N) is 2. The van der Waals surface area contributed by atoms with E-state index in [0.29, 0.717) is 23.9 Å². The van der Waals surface area contributed by atoms with Gasteiger partial charge in [-0.25, -0.2) is 0 Å². The minimum atomic E-state index is -0.220. The maximum absolute atomic E-state index is 12.5. The summed E-state index contributed by atoms with van der Waals surface area (Å²) < 4.78 is 12.2. The van der Waals surface area contributed by atoms with Crippen LogP contribution in [0.1, 0.15) is 31.9 Å². The zero-order valence-electron chi connectivity index (χ0n) is 16.8. The lowest BCUT2D eigenvalue weighted by molar-refractivity contribution is -0.116. The normalized spacial score (nSPS) is 17.3. The molecule has 0 aliphatic carbocycles. The molecule has 154 valence electrons. The third-order valence-corrected chi connectivity index (χ3v) is 5.99. The quantitative estimate of drug-likeness (QED) is 0.498. The minimum Gasteiger partial charge on any atom is -0.493 e. The Morgan fingerprint density at radius 1 is 1.10 bits per heavy atom. The van der Waals surface area contributed by atoms with Crippen LogP contribution in [0.5, 0.6) is 11.5 Å². The van der Waals surface area contributed by atoms with Crippen molar-refractivity contribution in [3.05, 3.63) is 56.9 Å². The monoisotopic (exact) mass is 476 g/mol. The van der Waals surface area contributed by atoms with Gasteiger partial charge in [0.1, 0.15) is 11.5 Å². The van der Waals surface area contributed by atoms with Gasteiger partial charge in [-0.2, -0.15) is 0 Å². The van der Waals surface area contributed by atoms with Crippen LogP contribution in [0.3, 0.4) is 0 Å². The van der Waals surface area contributed by atoms with Gasteiger partial charge in [-0.3, -0.25) is 4.79 Å². The molecule has 1 atom stereocenters. The van der Waals surface area contributed by atoms with Crippen molar-refractivity contribution >= 4 is 45.4 Å². The average molecular weight is 477 g/mol. The number of aryl methyl sites for hydroxylation is 1. The van der Waals surface area contributed by atoms with Crippen LogP contribution in [0.25, 0.3) is 6.08 Å². The molecule has 0 radical (unpaired) electrons. The van der Waals surface area contributed by atoms with Crippen LogP contribution in [0, 0.1) is 0 Å². The van der Waals surface area contributed by atoms with Crippen LogP contribution in [0.15, 0.2) is 45.8 Å². The van der Waals surface area contributed by atoms with Crippen molar-refractivity contribution in [2.75, 3.05) is 18.5 Å². The van der Waals surface area contributed by atoms with Gasteiger partial charge in [-0.15, -0.1) is 0 Å². The van der Waals surface area contributed by atoms with Crippen molar-refractivity contribution in [2.45, 2.75) is 32.7 Å². The van der Waals surface area contributed by atoms with Crippen LogP contribution in [0.4, 0.5) is 5.69 Å². The van der Waals surface area contributed by atoms with Gasteiger partial charge in [0.15, 0.2) is 5.50 Å². The molecule has 1 saturated heterocycles. The molecule has 2 aromatic rings. The molecule has 1 heterocycles. The van der Waals surface area contributed by atoms with Gasteiger partial charge >= 0.3 is 0 Å². The van der Waals surface area contributed by atoms with E-state index in [-0.39, 0.29) is 11.4 Å². The smallest absolute Gasteiger partial charge is 0.260 e. The fraction of sp³-hybridized carbons (Fsp3) is 0.318. The van der Waals surface area contributed by atoms with Gasteiger partial charge in [0.25, 0.3) is 5.91 Å². The predicted octanol–water partition coefficient (Wildman–Crippen LogP) is 5.41. The Morgan fingerprint density at radius 3 is 2.45 bits per heavy atom. The van der Waals surface area contributed by atoms with Gasteiger partial charge in [-0.05, 0) is 66.0 Å². The van der Waals surface area contributed by atoms with E-state index in [1.54, 1.807) is 0 Å². The molecule has 1 aliphatic rings. The van der Waals surface area contributed by atoms with Crippen molar-refractivity contribution in [3.8, 4) is 11.5 Å². The number of carbonyl (C=O) groups excluding carboxylic acids is 1. The number of hydrogen-bond acceptors (Lipinski definition) is 5. The number of hydrogen-bond donors (Lipinski definition) is 2. The number of anilines is 1. The Hall–Kier alpha value is -2.12. The third-order valence-electron chi connectivity index (χ3n) is 4.34. The molecule has 29 heavy (non-hydrogen) atoms. The van der Waals surface area contributed by atoms with E-state index in [1.165, 1.54) is 17.3 Å². The summed E-state index contributed by atoms with van der Waals surface area (Å²) in [6.07, 6.45) is 2.86. The lowest BCUT2D eigenvalue weighted by atomic mass is 10.1. The van der Waals surface area contributed by atoms with Crippen LogP contribution in [0.2, 0.25) is 0 Å². The summed E-state index contributed by atoms with van der Waals surface area (Å²) in [7, 11) is 0. The number of benzene rings is 2. The largest absolute Gasteiger partial charge is 0.493 e. The lowest BCUT2D eigenvalue weighted by Gasteiger charge is -2.13. The fourth-order valence-electron chi connectivity index (χ4n) is 2.90. The topological polar surface area (TPSA) is 59.6 Å². The molecule has 0 aromatic heterocycles. The Balaban J connectivity index is 1.79. The van der Waals surface area contributed by atoms with E-state index < -0.39 is 0 Å². The molecule has 3 rings (SSSR count). The van der Waals surface area contributed by atoms with E-state index in [1.807, 2.05) is 44.2 Å². The van der Waals surface area contributed by atoms with Gasteiger partial charge in [0, 0.05) is 17.3 Å². The molecule has 0 spiro atoms. The summed E-state index contributed by atoms with van der Waals surface area (Å²) in [5.74, 6) is 1.30. The average Bonchev–Trinajstić information content (AvgIpc) is 3.05. The summed E-state index contributed by atoms with van der Waals surface area (Å²) in [5, 5.41) is 6.31. The first-order valence-corrected chi connectivity index (χ1v) is 11.3. The Morgan fingerprint density at radius 2 is 1.79 bits per heavy atom. The highest BCUT2D eigenvalue weighted by molar-refractivity contribution is 9.10. The second-order valence-corrected chi connectivity index (χ2v) is 8.36. The molecular weight excluding hydrogens is 452 g/mol. The summed E-state index contributed by atoms with van der Waals surface area (Å²) in [4.78, 5) is 13.1. The molecule has 1 amide bonds. The van der Waals surface area contributed by atoms with Crippen molar-refractivity contribution < 1.29 is 14.3 Å². The number of rotatable bonds is 8. The Kier molecular flexibility index (Phi) is 7.50. The number of amides is 1. The van der Waals surface area contributed by atoms with Crippen LogP contribution in [-0.2, 0) is 11.2 Å². The molecule has 0 unspecified atom stereocenters. The molecule has 7 heteroatoms. The zero-order chi connectivity index (χ0) is 20.8. The second-order valence-electron chi connectivity index (χ2n) is 6.36. The highest BCUT2D eigenvalue weighted by atomic mass is 79.9. The maximum atomic E-state index is 12.5. The first-order chi connectivity index (χ1) is 14.0. The standard InChI is InChI=1S/C22H25BrN2O3S/c1-4-14-7-9-16(10-8-14)24-22-25-21(26)20(29-22)12-15-11-17(23)19(28-6-3)13-18(15)27-5-2/h7-13,22,24H,4-6H2,1-3H3,(H,25,26)/b20-12+/t22-/m0/s1. The number of halogens is 1. The fourth-order valence-corrected chi connectivity index (χ4v) is 4.36. The molecular formula is C22H25BrN2O3S. The first-order valence-electron chi connectivity index (χ1n) is 9.67. The van der Waals surface area contributed by atoms with Gasteiger partial charge < -0.3 is 20.1 Å². The number of ether oxygens (including phenoxy) is 2. The summed E-state index contributed by atoms with van der Waals surface area (Å²) in [6.45, 7) is 7.09. The Labute approximate surface area is 184 Å². The first kappa shape index (κ1) is 21.6. The van der Waals surface area contributed by atoms with Gasteiger partial charge in [0.05, 0.1) is 22.6 Å². The SMILES string of the molecule is CCOc1cc(OCC)c(/C=C2/S[C@@H](Nc3ccc(CC)cc3)NC2=O)cc1Br. The second kappa shape index (κ2) is 10.1. The number of carbonyl (C=O) groups is 1. The summed E-state index contributed by atoms with van der Waals surface area (Å²) in [6, 6.07) is 12.0. The van der Waals surface area contributed by atoms with Gasteiger partial charge in [-0.1, -0.05) is 30.8 Å². The number of thioether (sulfide) groups is 1. The van der Waals surface area contributed by atoms with Crippen molar-refractivity contribution in [2.24, 2.45) is 0 Å². The molecule has 0 bridgehead atoms. The summed E-state index contributed by atoms with van der Waals surface area (Å²) in [5.41, 5.74) is 2.86. The molecule has 5 nitrogen and oxygen atoms in total. The molecule has 2 N–H and O–H groups in total. The Bertz CT molecular complexity index is 900. The molecule has 1 fully saturated rings. The zero-order valence-corrected chi connectivity index (χ0v) is 19.2. The van der Waals surface area contributed by atoms with E-state index in [0.717, 1.165) is 27.9 Å². The highest BCUT2D eigenvalue weighted by Crippen LogP contribution is 2.37. The van der Waals surface area contributed by atoms with Crippen molar-refractivity contribution in [1.82, 2.24) is 5.32 Å². The maximum Gasteiger partial charge on any atom is 0.260 e. The third kappa shape index (κ3) is 5.48. The van der Waals surface area contributed by atoms with Gasteiger partial charge in [0.2, 0.25) is 0 Å². The van der Waals surface area contributed by atoms with Crippen LogP contribution in [-0.4, -0.2) is 24.6 Å². The predicted molar refractivity (Wildman–Crippen MR) is 123 cm³/mol. The minimum absolute atomic E-state index is 0.106. The summed E-state index contributed by atoms with van der Waals surface area (Å²) >= 11 is 4.99. The molecule has 1 aliphatic heterocycles. The van der Waals surface area contributed by atoms with E-state index in [2.05, 4.69) is 45.6 Å². The van der Waals surface area contributed by atoms with E-state index in [9.17, 15) is 4.79 Å². The van der Waals surface area contributed by atoms with Crippen molar-refractivity contribution in [1.29, 1.82) is 0 Å². The highest BCUT2D eigenvalue weighted by Gasteiger charge is 2.27. The van der Waals surface area contributed by atoms with Crippen molar-refractivity contribution in [3.63, 3.8) is 0 Å². The molecule has 2 aromatic carbocycles. The lowest BCUT2D eigenvalue weighted by Crippen LogP contribution is -2.30. The van der Waals surface area contributed by atoms with E-state index in [4.69, 9.17) is 9.47 Å². The molecule has 0 saturated carbocycles.